The molecule has 2 heterocycles. The summed E-state index contributed by atoms with van der Waals surface area (Å²) in [5.41, 5.74) is 2.95. The van der Waals surface area contributed by atoms with Gasteiger partial charge in [0.25, 0.3) is 11.1 Å². The summed E-state index contributed by atoms with van der Waals surface area (Å²) >= 11 is 7.94. The highest BCUT2D eigenvalue weighted by molar-refractivity contribution is 9.10. The SMILES string of the molecule is Cc1ccc(-c2ccc(/C=C3\SC(=O)N(Cc4ccccc4Br)C3=O)o2)c(Br)c1. The lowest BCUT2D eigenvalue weighted by Crippen LogP contribution is -2.27. The minimum absolute atomic E-state index is 0.225. The van der Waals surface area contributed by atoms with E-state index >= 15 is 0 Å². The molecule has 0 N–H and O–H groups in total. The number of aryl methyl sites for hydroxylation is 1. The fraction of sp³-hybridized carbons (Fsp3) is 0.0909. The molecule has 0 spiro atoms. The average molecular weight is 533 g/mol. The summed E-state index contributed by atoms with van der Waals surface area (Å²) in [6.07, 6.45) is 1.62. The van der Waals surface area contributed by atoms with Gasteiger partial charge < -0.3 is 4.42 Å². The van der Waals surface area contributed by atoms with E-state index in [2.05, 4.69) is 31.9 Å². The van der Waals surface area contributed by atoms with Gasteiger partial charge in [0, 0.05) is 20.6 Å². The molecular weight excluding hydrogens is 518 g/mol. The molecule has 1 aliphatic rings. The van der Waals surface area contributed by atoms with Gasteiger partial charge in [-0.1, -0.05) is 56.1 Å². The molecule has 1 aliphatic heterocycles. The smallest absolute Gasteiger partial charge is 0.293 e. The third kappa shape index (κ3) is 4.27. The number of halogens is 2. The quantitative estimate of drug-likeness (QED) is 0.339. The molecule has 1 fully saturated rings. The summed E-state index contributed by atoms with van der Waals surface area (Å²) in [6.45, 7) is 2.25. The van der Waals surface area contributed by atoms with Gasteiger partial charge in [-0.25, -0.2) is 0 Å². The lowest BCUT2D eigenvalue weighted by Gasteiger charge is -2.13. The molecule has 7 heteroatoms. The van der Waals surface area contributed by atoms with Crippen molar-refractivity contribution >= 4 is 60.8 Å². The third-order valence-corrected chi connectivity index (χ3v) is 6.79. The molecule has 0 unspecified atom stereocenters. The molecule has 3 aromatic rings. The van der Waals surface area contributed by atoms with Crippen LogP contribution in [0.3, 0.4) is 0 Å². The van der Waals surface area contributed by atoms with Gasteiger partial charge in [0.05, 0.1) is 11.4 Å². The lowest BCUT2D eigenvalue weighted by molar-refractivity contribution is -0.123. The van der Waals surface area contributed by atoms with Crippen LogP contribution in [0.2, 0.25) is 0 Å². The number of furan rings is 1. The van der Waals surface area contributed by atoms with Crippen LogP contribution in [0, 0.1) is 6.92 Å². The number of rotatable bonds is 4. The van der Waals surface area contributed by atoms with Gasteiger partial charge in [-0.05, 0) is 60.1 Å². The molecular formula is C22H15Br2NO3S. The van der Waals surface area contributed by atoms with E-state index < -0.39 is 0 Å². The Hall–Kier alpha value is -2.09. The monoisotopic (exact) mass is 531 g/mol. The van der Waals surface area contributed by atoms with Crippen LogP contribution in [0.5, 0.6) is 0 Å². The van der Waals surface area contributed by atoms with E-state index in [0.717, 1.165) is 37.4 Å². The van der Waals surface area contributed by atoms with Gasteiger partial charge in [0.1, 0.15) is 11.5 Å². The number of carbonyl (C=O) groups excluding carboxylic acids is 2. The number of amides is 2. The van der Waals surface area contributed by atoms with Gasteiger partial charge in [0.15, 0.2) is 0 Å². The first-order chi connectivity index (χ1) is 13.9. The molecule has 0 radical (unpaired) electrons. The van der Waals surface area contributed by atoms with Crippen molar-refractivity contribution in [2.45, 2.75) is 13.5 Å². The summed E-state index contributed by atoms with van der Waals surface area (Å²) < 4.78 is 7.70. The summed E-state index contributed by atoms with van der Waals surface area (Å²) in [7, 11) is 0. The second-order valence-electron chi connectivity index (χ2n) is 6.54. The van der Waals surface area contributed by atoms with Crippen molar-refractivity contribution < 1.29 is 14.0 Å². The number of nitrogens with zero attached hydrogens (tertiary/aromatic N) is 1. The fourth-order valence-electron chi connectivity index (χ4n) is 2.96. The average Bonchev–Trinajstić information content (AvgIpc) is 3.24. The van der Waals surface area contributed by atoms with Crippen molar-refractivity contribution in [3.63, 3.8) is 0 Å². The Morgan fingerprint density at radius 2 is 1.83 bits per heavy atom. The Kier molecular flexibility index (Phi) is 5.81. The topological polar surface area (TPSA) is 50.5 Å². The van der Waals surface area contributed by atoms with Gasteiger partial charge in [-0.15, -0.1) is 0 Å². The maximum Gasteiger partial charge on any atom is 0.293 e. The Labute approximate surface area is 189 Å². The predicted octanol–water partition coefficient (Wildman–Crippen LogP) is 7.02. The first-order valence-corrected chi connectivity index (χ1v) is 11.2. The zero-order chi connectivity index (χ0) is 20.5. The number of carbonyl (C=O) groups is 2. The molecule has 1 saturated heterocycles. The van der Waals surface area contributed by atoms with Crippen LogP contribution in [-0.2, 0) is 11.3 Å². The zero-order valence-electron chi connectivity index (χ0n) is 15.3. The summed E-state index contributed by atoms with van der Waals surface area (Å²) in [6, 6.07) is 17.2. The van der Waals surface area contributed by atoms with Gasteiger partial charge in [-0.3, -0.25) is 14.5 Å². The zero-order valence-corrected chi connectivity index (χ0v) is 19.3. The molecule has 2 amide bonds. The second kappa shape index (κ2) is 8.34. The van der Waals surface area contributed by atoms with E-state index in [1.54, 1.807) is 12.1 Å². The number of benzene rings is 2. The number of imide groups is 1. The van der Waals surface area contributed by atoms with Crippen molar-refractivity contribution in [3.8, 4) is 11.3 Å². The fourth-order valence-corrected chi connectivity index (χ4v) is 4.87. The highest BCUT2D eigenvalue weighted by Gasteiger charge is 2.35. The standard InChI is InChI=1S/C22H15Br2NO3S/c1-13-6-8-16(18(24)10-13)19-9-7-15(28-19)11-20-21(26)25(22(27)29-20)12-14-4-2-3-5-17(14)23/h2-11H,12H2,1H3/b20-11-. The first-order valence-electron chi connectivity index (χ1n) is 8.77. The Morgan fingerprint density at radius 3 is 2.59 bits per heavy atom. The van der Waals surface area contributed by atoms with Crippen LogP contribution in [0.1, 0.15) is 16.9 Å². The second-order valence-corrected chi connectivity index (χ2v) is 9.25. The molecule has 29 heavy (non-hydrogen) atoms. The number of hydrogen-bond donors (Lipinski definition) is 0. The summed E-state index contributed by atoms with van der Waals surface area (Å²) in [4.78, 5) is 26.7. The van der Waals surface area contributed by atoms with Crippen LogP contribution >= 0.6 is 43.6 Å². The van der Waals surface area contributed by atoms with Gasteiger partial charge >= 0.3 is 0 Å². The molecule has 2 aromatic carbocycles. The van der Waals surface area contributed by atoms with Crippen molar-refractivity contribution in [3.05, 3.63) is 85.3 Å². The van der Waals surface area contributed by atoms with Crippen LogP contribution < -0.4 is 0 Å². The Bertz CT molecular complexity index is 1150. The van der Waals surface area contributed by atoms with E-state index in [1.165, 1.54) is 4.90 Å². The molecule has 0 atom stereocenters. The van der Waals surface area contributed by atoms with E-state index in [0.29, 0.717) is 16.4 Å². The molecule has 0 aliphatic carbocycles. The summed E-state index contributed by atoms with van der Waals surface area (Å²) in [5.74, 6) is 0.902. The van der Waals surface area contributed by atoms with Crippen LogP contribution in [-0.4, -0.2) is 16.0 Å². The normalized spacial score (nSPS) is 15.6. The minimum atomic E-state index is -0.315. The summed E-state index contributed by atoms with van der Waals surface area (Å²) in [5, 5.41) is -0.287. The van der Waals surface area contributed by atoms with Crippen LogP contribution in [0.15, 0.2) is 72.9 Å². The van der Waals surface area contributed by atoms with Gasteiger partial charge in [0.2, 0.25) is 0 Å². The number of hydrogen-bond acceptors (Lipinski definition) is 4. The predicted molar refractivity (Wildman–Crippen MR) is 122 cm³/mol. The van der Waals surface area contributed by atoms with Crippen molar-refractivity contribution in [2.24, 2.45) is 0 Å². The molecule has 146 valence electrons. The molecule has 0 bridgehead atoms. The molecule has 1 aromatic heterocycles. The highest BCUT2D eigenvalue weighted by atomic mass is 79.9. The maximum absolute atomic E-state index is 12.8. The van der Waals surface area contributed by atoms with Crippen molar-refractivity contribution in [1.29, 1.82) is 0 Å². The first kappa shape index (κ1) is 20.2. The van der Waals surface area contributed by atoms with Crippen molar-refractivity contribution in [2.75, 3.05) is 0 Å². The third-order valence-electron chi connectivity index (χ3n) is 4.45. The minimum Gasteiger partial charge on any atom is -0.457 e. The molecule has 0 saturated carbocycles. The van der Waals surface area contributed by atoms with Gasteiger partial charge in [-0.2, -0.15) is 0 Å². The van der Waals surface area contributed by atoms with Crippen LogP contribution in [0.4, 0.5) is 4.79 Å². The Morgan fingerprint density at radius 1 is 1.03 bits per heavy atom. The van der Waals surface area contributed by atoms with E-state index in [1.807, 2.05) is 55.5 Å². The van der Waals surface area contributed by atoms with E-state index in [9.17, 15) is 9.59 Å². The Balaban J connectivity index is 1.56. The maximum atomic E-state index is 12.8. The molecule has 4 nitrogen and oxygen atoms in total. The lowest BCUT2D eigenvalue weighted by atomic mass is 10.1. The number of thioether (sulfide) groups is 1. The van der Waals surface area contributed by atoms with E-state index in [4.69, 9.17) is 4.42 Å². The molecule has 4 rings (SSSR count). The van der Waals surface area contributed by atoms with E-state index in [-0.39, 0.29) is 17.7 Å². The van der Waals surface area contributed by atoms with Crippen LogP contribution in [0.25, 0.3) is 17.4 Å². The largest absolute Gasteiger partial charge is 0.457 e. The van der Waals surface area contributed by atoms with Crippen molar-refractivity contribution in [1.82, 2.24) is 4.90 Å². The highest BCUT2D eigenvalue weighted by Crippen LogP contribution is 2.36.